The van der Waals surface area contributed by atoms with E-state index in [1.807, 2.05) is 6.20 Å². The van der Waals surface area contributed by atoms with E-state index >= 15 is 0 Å². The minimum Gasteiger partial charge on any atom is -0.244 e. The van der Waals surface area contributed by atoms with Crippen molar-refractivity contribution in [3.05, 3.63) is 19.9 Å². The van der Waals surface area contributed by atoms with Gasteiger partial charge in [0.1, 0.15) is 11.2 Å². The summed E-state index contributed by atoms with van der Waals surface area (Å²) in [4.78, 5) is 9.13. The van der Waals surface area contributed by atoms with Gasteiger partial charge in [-0.2, -0.15) is 0 Å². The summed E-state index contributed by atoms with van der Waals surface area (Å²) in [5.41, 5.74) is 0. The van der Waals surface area contributed by atoms with Crippen LogP contribution >= 0.6 is 49.9 Å². The molecule has 2 nitrogen and oxygen atoms in total. The molecule has 2 aromatic heterocycles. The normalized spacial score (nSPS) is 10.7. The second-order valence-electron chi connectivity index (χ2n) is 1.93. The lowest BCUT2D eigenvalue weighted by atomic mass is 10.4. The van der Waals surface area contributed by atoms with E-state index < -0.39 is 0 Å². The highest BCUT2D eigenvalue weighted by Crippen LogP contribution is 2.34. The van der Waals surface area contributed by atoms with Gasteiger partial charge in [0.15, 0.2) is 0 Å². The van der Waals surface area contributed by atoms with Gasteiger partial charge in [-0.25, -0.2) is 9.97 Å². The second-order valence-corrected chi connectivity index (χ2v) is 5.33. The number of hydrogen-bond acceptors (Lipinski definition) is 3. The van der Waals surface area contributed by atoms with E-state index in [9.17, 15) is 0 Å². The van der Waals surface area contributed by atoms with Gasteiger partial charge in [0.2, 0.25) is 0 Å². The predicted octanol–water partition coefficient (Wildman–Crippen LogP) is 3.06. The molecule has 0 fully saturated rings. The molecule has 0 unspecified atom stereocenters. The Morgan fingerprint density at radius 2 is 2.36 bits per heavy atom. The van der Waals surface area contributed by atoms with Gasteiger partial charge in [-0.1, -0.05) is 0 Å². The Bertz CT molecular complexity index is 400. The van der Waals surface area contributed by atoms with Crippen LogP contribution in [-0.4, -0.2) is 9.97 Å². The molecule has 2 heterocycles. The van der Waals surface area contributed by atoms with Crippen LogP contribution in [0.4, 0.5) is 0 Å². The Morgan fingerprint density at radius 1 is 1.55 bits per heavy atom. The number of aromatic nitrogens is 2. The molecule has 11 heavy (non-hydrogen) atoms. The van der Waals surface area contributed by atoms with Crippen LogP contribution in [0.2, 0.25) is 0 Å². The van der Waals surface area contributed by atoms with E-state index in [0.29, 0.717) is 0 Å². The highest BCUT2D eigenvalue weighted by Gasteiger charge is 2.06. The lowest BCUT2D eigenvalue weighted by Crippen LogP contribution is -1.74. The summed E-state index contributed by atoms with van der Waals surface area (Å²) < 4.78 is 2.33. The standard InChI is InChI=1S/C6H2BrIN2S/c7-5-4(8)3-1-9-2-10-6(3)11-5/h1-2H. The van der Waals surface area contributed by atoms with E-state index in [-0.39, 0.29) is 0 Å². The summed E-state index contributed by atoms with van der Waals surface area (Å²) in [5.74, 6) is 0. The van der Waals surface area contributed by atoms with Crippen molar-refractivity contribution in [2.24, 2.45) is 0 Å². The van der Waals surface area contributed by atoms with Gasteiger partial charge < -0.3 is 0 Å². The quantitative estimate of drug-likeness (QED) is 0.689. The van der Waals surface area contributed by atoms with Gasteiger partial charge in [-0.05, 0) is 38.5 Å². The summed E-state index contributed by atoms with van der Waals surface area (Å²) in [5, 5.41) is 1.13. The van der Waals surface area contributed by atoms with Gasteiger partial charge in [-0.15, -0.1) is 11.3 Å². The van der Waals surface area contributed by atoms with Gasteiger partial charge in [-0.3, -0.25) is 0 Å². The average molecular weight is 341 g/mol. The molecule has 0 radical (unpaired) electrons. The summed E-state index contributed by atoms with van der Waals surface area (Å²) in [6.07, 6.45) is 3.41. The van der Waals surface area contributed by atoms with E-state index in [1.165, 1.54) is 3.57 Å². The van der Waals surface area contributed by atoms with E-state index in [4.69, 9.17) is 0 Å². The molecule has 0 aliphatic carbocycles. The summed E-state index contributed by atoms with van der Waals surface area (Å²) in [6, 6.07) is 0. The molecule has 0 N–H and O–H groups in total. The highest BCUT2D eigenvalue weighted by molar-refractivity contribution is 14.1. The first-order valence-corrected chi connectivity index (χ1v) is 5.51. The molecule has 0 aliphatic rings. The number of halogens is 2. The van der Waals surface area contributed by atoms with E-state index in [0.717, 1.165) is 14.0 Å². The minimum absolute atomic E-state index is 1.04. The van der Waals surface area contributed by atoms with Crippen LogP contribution in [0, 0.1) is 3.57 Å². The number of rotatable bonds is 0. The molecule has 0 spiro atoms. The van der Waals surface area contributed by atoms with Crippen LogP contribution in [0.5, 0.6) is 0 Å². The molecule has 0 amide bonds. The van der Waals surface area contributed by atoms with Gasteiger partial charge in [0.25, 0.3) is 0 Å². The molecule has 56 valence electrons. The van der Waals surface area contributed by atoms with Crippen LogP contribution < -0.4 is 0 Å². The highest BCUT2D eigenvalue weighted by atomic mass is 127. The third kappa shape index (κ3) is 1.29. The zero-order valence-corrected chi connectivity index (χ0v) is 9.77. The van der Waals surface area contributed by atoms with Gasteiger partial charge in [0, 0.05) is 15.2 Å². The van der Waals surface area contributed by atoms with Crippen LogP contribution in [0.3, 0.4) is 0 Å². The molecule has 0 saturated carbocycles. The topological polar surface area (TPSA) is 25.8 Å². The van der Waals surface area contributed by atoms with Crippen molar-refractivity contribution >= 4 is 60.1 Å². The fourth-order valence-corrected chi connectivity index (χ4v) is 3.10. The lowest BCUT2D eigenvalue weighted by molar-refractivity contribution is 1.23. The Balaban J connectivity index is 2.92. The fourth-order valence-electron chi connectivity index (χ4n) is 0.786. The molecule has 0 aromatic carbocycles. The maximum absolute atomic E-state index is 4.14. The van der Waals surface area contributed by atoms with Crippen molar-refractivity contribution in [2.45, 2.75) is 0 Å². The summed E-state index contributed by atoms with van der Waals surface area (Å²) in [7, 11) is 0. The Kier molecular flexibility index (Phi) is 2.11. The molecule has 0 bridgehead atoms. The zero-order valence-electron chi connectivity index (χ0n) is 5.21. The van der Waals surface area contributed by atoms with Crippen molar-refractivity contribution in [2.75, 3.05) is 0 Å². The number of nitrogens with zero attached hydrogens (tertiary/aromatic N) is 2. The van der Waals surface area contributed by atoms with Crippen LogP contribution in [0.1, 0.15) is 0 Å². The Hall–Kier alpha value is 0.250. The molecule has 0 aliphatic heterocycles. The summed E-state index contributed by atoms with van der Waals surface area (Å²) in [6.45, 7) is 0. The number of fused-ring (bicyclic) bond motifs is 1. The first-order chi connectivity index (χ1) is 5.29. The molecular formula is C6H2BrIN2S. The third-order valence-electron chi connectivity index (χ3n) is 1.27. The number of hydrogen-bond donors (Lipinski definition) is 0. The molecule has 2 rings (SSSR count). The number of thiophene rings is 1. The van der Waals surface area contributed by atoms with E-state index in [2.05, 4.69) is 48.5 Å². The first-order valence-electron chi connectivity index (χ1n) is 2.82. The average Bonchev–Trinajstić information content (AvgIpc) is 2.30. The van der Waals surface area contributed by atoms with Crippen molar-refractivity contribution < 1.29 is 0 Å². The van der Waals surface area contributed by atoms with Crippen molar-refractivity contribution in [3.8, 4) is 0 Å². The maximum Gasteiger partial charge on any atom is 0.128 e. The van der Waals surface area contributed by atoms with E-state index in [1.54, 1.807) is 17.7 Å². The first kappa shape index (κ1) is 7.88. The Morgan fingerprint density at radius 3 is 3.09 bits per heavy atom. The predicted molar refractivity (Wildman–Crippen MR) is 57.8 cm³/mol. The van der Waals surface area contributed by atoms with Crippen LogP contribution in [0.15, 0.2) is 16.3 Å². The van der Waals surface area contributed by atoms with Gasteiger partial charge in [0.05, 0.1) is 3.79 Å². The lowest BCUT2D eigenvalue weighted by Gasteiger charge is -1.84. The third-order valence-corrected chi connectivity index (χ3v) is 5.28. The maximum atomic E-state index is 4.14. The van der Waals surface area contributed by atoms with Crippen molar-refractivity contribution in [3.63, 3.8) is 0 Å². The minimum atomic E-state index is 1.04. The molecule has 0 atom stereocenters. The van der Waals surface area contributed by atoms with Crippen molar-refractivity contribution in [1.29, 1.82) is 0 Å². The van der Waals surface area contributed by atoms with Crippen LogP contribution in [-0.2, 0) is 0 Å². The monoisotopic (exact) mass is 340 g/mol. The smallest absolute Gasteiger partial charge is 0.128 e. The molecule has 5 heteroatoms. The second kappa shape index (κ2) is 2.95. The fraction of sp³-hybridized carbons (Fsp3) is 0. The zero-order chi connectivity index (χ0) is 7.84. The largest absolute Gasteiger partial charge is 0.244 e. The molecular weight excluding hydrogens is 339 g/mol. The van der Waals surface area contributed by atoms with Crippen molar-refractivity contribution in [1.82, 2.24) is 9.97 Å². The SMILES string of the molecule is Brc1sc2ncncc2c1I. The molecule has 2 aromatic rings. The van der Waals surface area contributed by atoms with Crippen LogP contribution in [0.25, 0.3) is 10.2 Å². The summed E-state index contributed by atoms with van der Waals surface area (Å²) >= 11 is 7.37. The Labute approximate surface area is 89.3 Å². The van der Waals surface area contributed by atoms with Gasteiger partial charge >= 0.3 is 0 Å². The molecule has 0 saturated heterocycles.